The maximum absolute atomic E-state index is 4.38. The van der Waals surface area contributed by atoms with E-state index >= 15 is 0 Å². The number of aliphatic imine (C=N–C) groups is 1. The summed E-state index contributed by atoms with van der Waals surface area (Å²) in [6.07, 6.45) is 13.6. The number of allylic oxidation sites excluding steroid dienone is 5. The molecular formula is C16H12N2. The van der Waals surface area contributed by atoms with Gasteiger partial charge < -0.3 is 4.57 Å². The minimum atomic E-state index is 0.992. The second-order valence-electron chi connectivity index (χ2n) is 4.58. The molecule has 0 saturated carbocycles. The summed E-state index contributed by atoms with van der Waals surface area (Å²) < 4.78 is 2.12. The van der Waals surface area contributed by atoms with Crippen LogP contribution in [-0.2, 0) is 0 Å². The minimum Gasteiger partial charge on any atom is -0.306 e. The molecule has 0 amide bonds. The number of benzene rings is 1. The monoisotopic (exact) mass is 232 g/mol. The van der Waals surface area contributed by atoms with Crippen LogP contribution < -0.4 is 0 Å². The van der Waals surface area contributed by atoms with Crippen LogP contribution in [0.15, 0.2) is 65.5 Å². The molecule has 0 atom stereocenters. The lowest BCUT2D eigenvalue weighted by Crippen LogP contribution is -1.99. The van der Waals surface area contributed by atoms with Crippen LogP contribution >= 0.6 is 0 Å². The molecule has 0 bridgehead atoms. The summed E-state index contributed by atoms with van der Waals surface area (Å²) in [5.74, 6) is 0. The van der Waals surface area contributed by atoms with Crippen molar-refractivity contribution in [2.24, 2.45) is 4.99 Å². The topological polar surface area (TPSA) is 17.3 Å². The molecule has 2 nitrogen and oxygen atoms in total. The average molecular weight is 232 g/mol. The predicted molar refractivity (Wildman–Crippen MR) is 75.6 cm³/mol. The first-order valence-electron chi connectivity index (χ1n) is 6.14. The Hall–Kier alpha value is -2.35. The van der Waals surface area contributed by atoms with Gasteiger partial charge in [-0.2, -0.15) is 0 Å². The van der Waals surface area contributed by atoms with Gasteiger partial charge >= 0.3 is 0 Å². The van der Waals surface area contributed by atoms with Crippen LogP contribution in [0, 0.1) is 0 Å². The molecule has 1 aromatic heterocycles. The third-order valence-corrected chi connectivity index (χ3v) is 3.48. The normalized spacial score (nSPS) is 16.9. The highest BCUT2D eigenvalue weighted by Crippen LogP contribution is 2.34. The van der Waals surface area contributed by atoms with Gasteiger partial charge in [-0.25, -0.2) is 4.99 Å². The van der Waals surface area contributed by atoms with Gasteiger partial charge in [0.05, 0.1) is 12.0 Å². The number of aromatic nitrogens is 1. The summed E-state index contributed by atoms with van der Waals surface area (Å²) in [5.41, 5.74) is 3.73. The smallest absolute Gasteiger partial charge is 0.0991 e. The average Bonchev–Trinajstić information content (AvgIpc) is 2.68. The van der Waals surface area contributed by atoms with Crippen LogP contribution in [0.4, 0.5) is 0 Å². The fraction of sp³-hybridized carbons (Fsp3) is 0.0625. The van der Waals surface area contributed by atoms with Crippen molar-refractivity contribution in [2.75, 3.05) is 0 Å². The van der Waals surface area contributed by atoms with Gasteiger partial charge in [0.15, 0.2) is 0 Å². The maximum Gasteiger partial charge on any atom is 0.0991 e. The van der Waals surface area contributed by atoms with Crippen molar-refractivity contribution in [3.05, 3.63) is 66.2 Å². The zero-order valence-corrected chi connectivity index (χ0v) is 9.88. The van der Waals surface area contributed by atoms with E-state index in [1.54, 1.807) is 0 Å². The molecule has 86 valence electrons. The molecule has 2 heterocycles. The van der Waals surface area contributed by atoms with Crippen LogP contribution in [0.2, 0.25) is 0 Å². The third kappa shape index (κ3) is 1.26. The summed E-state index contributed by atoms with van der Waals surface area (Å²) in [4.78, 5) is 4.38. The van der Waals surface area contributed by atoms with Gasteiger partial charge in [-0.05, 0) is 6.42 Å². The molecule has 2 aliphatic rings. The molecule has 0 unspecified atom stereocenters. The molecule has 4 rings (SSSR count). The number of fused-ring (bicyclic) bond motifs is 5. The molecule has 1 aliphatic heterocycles. The molecule has 0 saturated heterocycles. The molecule has 18 heavy (non-hydrogen) atoms. The Labute approximate surface area is 105 Å². The van der Waals surface area contributed by atoms with Gasteiger partial charge in [0.2, 0.25) is 0 Å². The maximum atomic E-state index is 4.38. The number of hydrogen-bond donors (Lipinski definition) is 0. The first-order chi connectivity index (χ1) is 8.93. The van der Waals surface area contributed by atoms with E-state index in [4.69, 9.17) is 0 Å². The van der Waals surface area contributed by atoms with Crippen molar-refractivity contribution in [1.29, 1.82) is 0 Å². The fourth-order valence-corrected chi connectivity index (χ4v) is 2.67. The fourth-order valence-electron chi connectivity index (χ4n) is 2.67. The summed E-state index contributed by atoms with van der Waals surface area (Å²) in [7, 11) is 0. The van der Waals surface area contributed by atoms with E-state index in [1.807, 2.05) is 12.5 Å². The second-order valence-corrected chi connectivity index (χ2v) is 4.58. The molecular weight excluding hydrogens is 220 g/mol. The highest BCUT2D eigenvalue weighted by molar-refractivity contribution is 6.01. The van der Waals surface area contributed by atoms with Crippen molar-refractivity contribution < 1.29 is 0 Å². The second kappa shape index (κ2) is 3.57. The molecule has 0 spiro atoms. The SMILES string of the molecule is C1=CC2=CN=Cn3cc4ccccc4c3C2=CC1. The minimum absolute atomic E-state index is 0.992. The van der Waals surface area contributed by atoms with E-state index in [0.29, 0.717) is 0 Å². The Morgan fingerprint density at radius 2 is 2.11 bits per heavy atom. The van der Waals surface area contributed by atoms with Gasteiger partial charge in [-0.15, -0.1) is 0 Å². The first-order valence-corrected chi connectivity index (χ1v) is 6.14. The van der Waals surface area contributed by atoms with Crippen molar-refractivity contribution in [1.82, 2.24) is 4.57 Å². The Morgan fingerprint density at radius 1 is 1.17 bits per heavy atom. The van der Waals surface area contributed by atoms with Crippen molar-refractivity contribution in [3.8, 4) is 0 Å². The summed E-state index contributed by atoms with van der Waals surface area (Å²) in [5, 5.41) is 2.55. The van der Waals surface area contributed by atoms with Crippen LogP contribution in [0.5, 0.6) is 0 Å². The number of rotatable bonds is 0. The quantitative estimate of drug-likeness (QED) is 0.658. The third-order valence-electron chi connectivity index (χ3n) is 3.48. The summed E-state index contributed by atoms with van der Waals surface area (Å²) in [6, 6.07) is 8.49. The van der Waals surface area contributed by atoms with E-state index in [9.17, 15) is 0 Å². The highest BCUT2D eigenvalue weighted by Gasteiger charge is 2.17. The van der Waals surface area contributed by atoms with E-state index in [0.717, 1.165) is 6.42 Å². The lowest BCUT2D eigenvalue weighted by atomic mass is 9.95. The molecule has 0 N–H and O–H groups in total. The number of nitrogens with zero attached hydrogens (tertiary/aromatic N) is 2. The lowest BCUT2D eigenvalue weighted by molar-refractivity contribution is 1.17. The van der Waals surface area contributed by atoms with E-state index in [-0.39, 0.29) is 0 Å². The Bertz CT molecular complexity index is 754. The Morgan fingerprint density at radius 3 is 3.11 bits per heavy atom. The van der Waals surface area contributed by atoms with Crippen molar-refractivity contribution in [2.45, 2.75) is 6.42 Å². The molecule has 1 aliphatic carbocycles. The zero-order valence-electron chi connectivity index (χ0n) is 9.88. The molecule has 2 heteroatoms. The highest BCUT2D eigenvalue weighted by atomic mass is 15.0. The standard InChI is InChI=1S/C16H12N2/c1-3-7-14-12(5-1)9-17-11-18-10-13-6-2-4-8-15(13)16(14)18/h1-2,4-11H,3H2. The van der Waals surface area contributed by atoms with Gasteiger partial charge in [0.25, 0.3) is 0 Å². The van der Waals surface area contributed by atoms with E-state index in [1.165, 1.54) is 27.6 Å². The van der Waals surface area contributed by atoms with Gasteiger partial charge in [-0.1, -0.05) is 42.5 Å². The van der Waals surface area contributed by atoms with Crippen LogP contribution in [-0.4, -0.2) is 10.9 Å². The predicted octanol–water partition coefficient (Wildman–Crippen LogP) is 3.76. The van der Waals surface area contributed by atoms with Gasteiger partial charge in [-0.3, -0.25) is 0 Å². The summed E-state index contributed by atoms with van der Waals surface area (Å²) in [6.45, 7) is 0. The van der Waals surface area contributed by atoms with E-state index in [2.05, 4.69) is 58.2 Å². The first kappa shape index (κ1) is 9.66. The van der Waals surface area contributed by atoms with Crippen LogP contribution in [0.1, 0.15) is 12.1 Å². The van der Waals surface area contributed by atoms with Gasteiger partial charge in [0, 0.05) is 34.3 Å². The lowest BCUT2D eigenvalue weighted by Gasteiger charge is -2.11. The Kier molecular flexibility index (Phi) is 1.92. The molecule has 2 aromatic rings. The summed E-state index contributed by atoms with van der Waals surface area (Å²) >= 11 is 0. The largest absolute Gasteiger partial charge is 0.306 e. The van der Waals surface area contributed by atoms with Gasteiger partial charge in [0.1, 0.15) is 0 Å². The molecule has 1 aromatic carbocycles. The molecule has 0 fully saturated rings. The van der Waals surface area contributed by atoms with Crippen LogP contribution in [0.3, 0.4) is 0 Å². The van der Waals surface area contributed by atoms with Crippen molar-refractivity contribution >= 4 is 22.7 Å². The van der Waals surface area contributed by atoms with E-state index < -0.39 is 0 Å². The molecule has 0 radical (unpaired) electrons. The zero-order chi connectivity index (χ0) is 11.9. The number of hydrogen-bond acceptors (Lipinski definition) is 1. The van der Waals surface area contributed by atoms with Crippen LogP contribution in [0.25, 0.3) is 16.3 Å². The van der Waals surface area contributed by atoms with Crippen molar-refractivity contribution in [3.63, 3.8) is 0 Å². The Balaban J connectivity index is 2.10.